The molecule has 1 amide bonds. The van der Waals surface area contributed by atoms with E-state index in [4.69, 9.17) is 5.73 Å². The highest BCUT2D eigenvalue weighted by atomic mass is 19.1. The summed E-state index contributed by atoms with van der Waals surface area (Å²) in [5, 5.41) is 0. The van der Waals surface area contributed by atoms with Gasteiger partial charge in [-0.15, -0.1) is 0 Å². The number of benzene rings is 2. The van der Waals surface area contributed by atoms with Crippen LogP contribution in [0.5, 0.6) is 0 Å². The van der Waals surface area contributed by atoms with Crippen LogP contribution in [0.1, 0.15) is 37.2 Å². The molecule has 3 unspecified atom stereocenters. The highest BCUT2D eigenvalue weighted by molar-refractivity contribution is 5.84. The standard InChI is InChI=1S/C22H24F2N2O/c23-14-7-8-18(21(24)12-14)16-5-1-2-6-17(16)19-13-20(19)22(27)26-10-3-4-15(25)9-11-26/h1-2,5-8,12,15,19-20H,3-4,9-11,13,25H2. The van der Waals surface area contributed by atoms with E-state index in [1.165, 1.54) is 12.1 Å². The second kappa shape index (κ2) is 7.39. The summed E-state index contributed by atoms with van der Waals surface area (Å²) in [6, 6.07) is 11.4. The molecule has 2 aromatic rings. The quantitative estimate of drug-likeness (QED) is 0.885. The third-order valence-electron chi connectivity index (χ3n) is 5.77. The van der Waals surface area contributed by atoms with Crippen molar-refractivity contribution >= 4 is 5.91 Å². The summed E-state index contributed by atoms with van der Waals surface area (Å²) in [5.41, 5.74) is 8.11. The van der Waals surface area contributed by atoms with Crippen LogP contribution in [0.3, 0.4) is 0 Å². The molecule has 1 aliphatic carbocycles. The zero-order valence-electron chi connectivity index (χ0n) is 15.2. The second-order valence-corrected chi connectivity index (χ2v) is 7.68. The van der Waals surface area contributed by atoms with E-state index >= 15 is 0 Å². The van der Waals surface area contributed by atoms with E-state index in [1.807, 2.05) is 29.2 Å². The number of likely N-dealkylation sites (tertiary alicyclic amines) is 1. The first-order chi connectivity index (χ1) is 13.0. The van der Waals surface area contributed by atoms with Crippen molar-refractivity contribution in [1.82, 2.24) is 4.90 Å². The molecule has 1 saturated heterocycles. The van der Waals surface area contributed by atoms with Gasteiger partial charge in [0.2, 0.25) is 5.91 Å². The SMILES string of the molecule is NC1CCCN(C(=O)C2CC2c2ccccc2-c2ccc(F)cc2F)CC1. The van der Waals surface area contributed by atoms with E-state index in [0.717, 1.165) is 56.0 Å². The molecule has 0 radical (unpaired) electrons. The Bertz CT molecular complexity index is 854. The maximum Gasteiger partial charge on any atom is 0.226 e. The molecule has 142 valence electrons. The average molecular weight is 370 g/mol. The molecule has 27 heavy (non-hydrogen) atoms. The number of nitrogens with two attached hydrogens (primary N) is 1. The minimum atomic E-state index is -0.590. The molecule has 2 aliphatic rings. The van der Waals surface area contributed by atoms with Gasteiger partial charge in [-0.3, -0.25) is 4.79 Å². The van der Waals surface area contributed by atoms with E-state index in [-0.39, 0.29) is 23.8 Å². The predicted molar refractivity (Wildman–Crippen MR) is 101 cm³/mol. The lowest BCUT2D eigenvalue weighted by Gasteiger charge is -2.21. The summed E-state index contributed by atoms with van der Waals surface area (Å²) in [5.74, 6) is -0.942. The topological polar surface area (TPSA) is 46.3 Å². The van der Waals surface area contributed by atoms with Crippen LogP contribution in [0.4, 0.5) is 8.78 Å². The Balaban J connectivity index is 1.55. The van der Waals surface area contributed by atoms with Crippen LogP contribution >= 0.6 is 0 Å². The Morgan fingerprint density at radius 2 is 1.85 bits per heavy atom. The van der Waals surface area contributed by atoms with E-state index in [1.54, 1.807) is 0 Å². The lowest BCUT2D eigenvalue weighted by molar-refractivity contribution is -0.132. The molecule has 2 N–H and O–H groups in total. The van der Waals surface area contributed by atoms with Gasteiger partial charge in [0, 0.05) is 36.7 Å². The number of carbonyl (C=O) groups is 1. The van der Waals surface area contributed by atoms with E-state index < -0.39 is 11.6 Å². The smallest absolute Gasteiger partial charge is 0.226 e. The van der Waals surface area contributed by atoms with E-state index in [2.05, 4.69) is 0 Å². The maximum atomic E-state index is 14.3. The third-order valence-corrected chi connectivity index (χ3v) is 5.77. The fourth-order valence-electron chi connectivity index (χ4n) is 4.16. The molecule has 0 bridgehead atoms. The van der Waals surface area contributed by atoms with Crippen molar-refractivity contribution in [3.63, 3.8) is 0 Å². The van der Waals surface area contributed by atoms with Crippen molar-refractivity contribution < 1.29 is 13.6 Å². The summed E-state index contributed by atoms with van der Waals surface area (Å²) in [7, 11) is 0. The summed E-state index contributed by atoms with van der Waals surface area (Å²) in [4.78, 5) is 14.9. The minimum Gasteiger partial charge on any atom is -0.342 e. The van der Waals surface area contributed by atoms with Crippen molar-refractivity contribution in [2.45, 2.75) is 37.6 Å². The van der Waals surface area contributed by atoms with Crippen molar-refractivity contribution in [1.29, 1.82) is 0 Å². The van der Waals surface area contributed by atoms with Crippen LogP contribution in [-0.4, -0.2) is 29.9 Å². The lowest BCUT2D eigenvalue weighted by atomic mass is 9.95. The largest absolute Gasteiger partial charge is 0.342 e. The lowest BCUT2D eigenvalue weighted by Crippen LogP contribution is -2.34. The number of carbonyl (C=O) groups excluding carboxylic acids is 1. The highest BCUT2D eigenvalue weighted by Gasteiger charge is 2.46. The third kappa shape index (κ3) is 3.74. The van der Waals surface area contributed by atoms with Gasteiger partial charge in [0.1, 0.15) is 11.6 Å². The fraction of sp³-hybridized carbons (Fsp3) is 0.409. The molecule has 5 heteroatoms. The van der Waals surface area contributed by atoms with Gasteiger partial charge in [-0.05, 0) is 54.9 Å². The van der Waals surface area contributed by atoms with Gasteiger partial charge in [0.05, 0.1) is 0 Å². The molecule has 1 heterocycles. The molecule has 1 saturated carbocycles. The van der Waals surface area contributed by atoms with Crippen LogP contribution in [-0.2, 0) is 4.79 Å². The summed E-state index contributed by atoms with van der Waals surface area (Å²) >= 11 is 0. The summed E-state index contributed by atoms with van der Waals surface area (Å²) in [6.07, 6.45) is 3.54. The Hall–Kier alpha value is -2.27. The first-order valence-corrected chi connectivity index (χ1v) is 9.63. The van der Waals surface area contributed by atoms with Crippen LogP contribution in [0.15, 0.2) is 42.5 Å². The molecule has 3 atom stereocenters. The van der Waals surface area contributed by atoms with E-state index in [0.29, 0.717) is 5.56 Å². The Morgan fingerprint density at radius 1 is 1.04 bits per heavy atom. The Morgan fingerprint density at radius 3 is 2.67 bits per heavy atom. The Kier molecular flexibility index (Phi) is 4.96. The van der Waals surface area contributed by atoms with Gasteiger partial charge in [-0.2, -0.15) is 0 Å². The van der Waals surface area contributed by atoms with Crippen LogP contribution in [0, 0.1) is 17.6 Å². The van der Waals surface area contributed by atoms with Crippen molar-refractivity contribution in [3.05, 3.63) is 59.7 Å². The molecule has 0 spiro atoms. The number of halogens is 2. The summed E-state index contributed by atoms with van der Waals surface area (Å²) in [6.45, 7) is 1.49. The van der Waals surface area contributed by atoms with Crippen molar-refractivity contribution in [3.8, 4) is 11.1 Å². The molecule has 1 aliphatic heterocycles. The van der Waals surface area contributed by atoms with Gasteiger partial charge in [0.25, 0.3) is 0 Å². The normalized spacial score (nSPS) is 25.1. The van der Waals surface area contributed by atoms with Gasteiger partial charge >= 0.3 is 0 Å². The number of hydrogen-bond donors (Lipinski definition) is 1. The Labute approximate surface area is 158 Å². The molecular formula is C22H24F2N2O. The second-order valence-electron chi connectivity index (χ2n) is 7.68. The monoisotopic (exact) mass is 370 g/mol. The van der Waals surface area contributed by atoms with Gasteiger partial charge in [0.15, 0.2) is 0 Å². The fourth-order valence-corrected chi connectivity index (χ4v) is 4.16. The number of nitrogens with zero attached hydrogens (tertiary/aromatic N) is 1. The first-order valence-electron chi connectivity index (χ1n) is 9.63. The number of amides is 1. The molecular weight excluding hydrogens is 346 g/mol. The van der Waals surface area contributed by atoms with E-state index in [9.17, 15) is 13.6 Å². The molecule has 0 aromatic heterocycles. The number of hydrogen-bond acceptors (Lipinski definition) is 2. The van der Waals surface area contributed by atoms with Crippen LogP contribution < -0.4 is 5.73 Å². The maximum absolute atomic E-state index is 14.3. The zero-order chi connectivity index (χ0) is 19.0. The highest BCUT2D eigenvalue weighted by Crippen LogP contribution is 2.51. The predicted octanol–water partition coefficient (Wildman–Crippen LogP) is 4.08. The van der Waals surface area contributed by atoms with Crippen molar-refractivity contribution in [2.75, 3.05) is 13.1 Å². The molecule has 4 rings (SSSR count). The minimum absolute atomic E-state index is 0.0519. The van der Waals surface area contributed by atoms with Crippen LogP contribution in [0.25, 0.3) is 11.1 Å². The molecule has 2 aromatic carbocycles. The molecule has 3 nitrogen and oxygen atoms in total. The van der Waals surface area contributed by atoms with Gasteiger partial charge in [-0.25, -0.2) is 8.78 Å². The summed E-state index contributed by atoms with van der Waals surface area (Å²) < 4.78 is 27.6. The first kappa shape index (κ1) is 18.1. The zero-order valence-corrected chi connectivity index (χ0v) is 15.2. The van der Waals surface area contributed by atoms with Gasteiger partial charge in [-0.1, -0.05) is 24.3 Å². The van der Waals surface area contributed by atoms with Gasteiger partial charge < -0.3 is 10.6 Å². The van der Waals surface area contributed by atoms with Crippen LogP contribution in [0.2, 0.25) is 0 Å². The average Bonchev–Trinajstić information content (AvgIpc) is 3.46. The number of rotatable bonds is 3. The van der Waals surface area contributed by atoms with Crippen molar-refractivity contribution in [2.24, 2.45) is 11.7 Å². The molecule has 2 fully saturated rings.